The summed E-state index contributed by atoms with van der Waals surface area (Å²) in [5.74, 6) is -0.129. The topological polar surface area (TPSA) is 24.5 Å². The van der Waals surface area contributed by atoms with Crippen LogP contribution in [0.4, 0.5) is 10.1 Å². The lowest BCUT2D eigenvalue weighted by molar-refractivity contribution is 0.204. The summed E-state index contributed by atoms with van der Waals surface area (Å²) in [7, 11) is 1.68. The van der Waals surface area contributed by atoms with Gasteiger partial charge < -0.3 is 15.0 Å². The van der Waals surface area contributed by atoms with Crippen LogP contribution in [-0.2, 0) is 4.74 Å². The second kappa shape index (κ2) is 7.04. The Morgan fingerprint density at radius 2 is 2.20 bits per heavy atom. The molecule has 0 aliphatic heterocycles. The van der Waals surface area contributed by atoms with Crippen LogP contribution in [0.15, 0.2) is 18.2 Å². The van der Waals surface area contributed by atoms with E-state index in [-0.39, 0.29) is 11.9 Å². The van der Waals surface area contributed by atoms with E-state index in [0.29, 0.717) is 18.3 Å². The van der Waals surface area contributed by atoms with Gasteiger partial charge in [-0.2, -0.15) is 0 Å². The Bertz CT molecular complexity index is 434. The second-order valence-corrected chi connectivity index (χ2v) is 5.41. The van der Waals surface area contributed by atoms with E-state index in [4.69, 9.17) is 4.74 Å². The quantitative estimate of drug-likeness (QED) is 0.792. The number of benzene rings is 1. The number of nitrogens with one attached hydrogen (secondary N) is 1. The van der Waals surface area contributed by atoms with Crippen LogP contribution in [0.25, 0.3) is 0 Å². The van der Waals surface area contributed by atoms with Gasteiger partial charge in [0.25, 0.3) is 0 Å². The van der Waals surface area contributed by atoms with Gasteiger partial charge in [0.1, 0.15) is 5.82 Å². The molecule has 1 aliphatic rings. The van der Waals surface area contributed by atoms with Gasteiger partial charge in [-0.3, -0.25) is 0 Å². The zero-order valence-electron chi connectivity index (χ0n) is 12.7. The second-order valence-electron chi connectivity index (χ2n) is 5.41. The van der Waals surface area contributed by atoms with E-state index < -0.39 is 0 Å². The predicted octanol–water partition coefficient (Wildman–Crippen LogP) is 3.11. The van der Waals surface area contributed by atoms with Gasteiger partial charge in [-0.25, -0.2) is 4.39 Å². The molecule has 0 amide bonds. The molecule has 4 heteroatoms. The number of rotatable bonds is 8. The molecule has 1 fully saturated rings. The Kier molecular flexibility index (Phi) is 5.38. The number of anilines is 1. The molecular formula is C16H25FN2O. The summed E-state index contributed by atoms with van der Waals surface area (Å²) < 4.78 is 19.5. The van der Waals surface area contributed by atoms with Crippen molar-refractivity contribution in [3.05, 3.63) is 29.6 Å². The summed E-state index contributed by atoms with van der Waals surface area (Å²) in [6.45, 7) is 6.38. The molecule has 1 unspecified atom stereocenters. The average Bonchev–Trinajstić information content (AvgIpc) is 3.25. The lowest BCUT2D eigenvalue weighted by atomic mass is 10.1. The Labute approximate surface area is 121 Å². The van der Waals surface area contributed by atoms with Gasteiger partial charge in [-0.05, 0) is 44.0 Å². The molecule has 2 rings (SSSR count). The normalized spacial score (nSPS) is 16.2. The van der Waals surface area contributed by atoms with Gasteiger partial charge in [-0.1, -0.05) is 13.0 Å². The van der Waals surface area contributed by atoms with Crippen LogP contribution >= 0.6 is 0 Å². The summed E-state index contributed by atoms with van der Waals surface area (Å²) in [5, 5.41) is 3.31. The monoisotopic (exact) mass is 280 g/mol. The maximum absolute atomic E-state index is 14.4. The van der Waals surface area contributed by atoms with E-state index in [1.165, 1.54) is 0 Å². The lowest BCUT2D eigenvalue weighted by Gasteiger charge is -2.25. The molecule has 1 atom stereocenters. The number of hydrogen-bond donors (Lipinski definition) is 1. The number of nitrogens with zero attached hydrogens (tertiary/aromatic N) is 1. The molecule has 112 valence electrons. The number of ether oxygens (including phenoxy) is 1. The molecule has 0 spiro atoms. The zero-order valence-corrected chi connectivity index (χ0v) is 12.7. The van der Waals surface area contributed by atoms with Gasteiger partial charge in [-0.15, -0.1) is 0 Å². The Morgan fingerprint density at radius 1 is 1.45 bits per heavy atom. The van der Waals surface area contributed by atoms with E-state index in [9.17, 15) is 4.39 Å². The molecule has 1 N–H and O–H groups in total. The molecule has 1 aromatic rings. The fraction of sp³-hybridized carbons (Fsp3) is 0.625. The summed E-state index contributed by atoms with van der Waals surface area (Å²) in [6, 6.07) is 6.25. The SMILES string of the molecule is CCNC(C)c1ccc(N(CCOC)C2CC2)c(F)c1. The van der Waals surface area contributed by atoms with Crippen LogP contribution < -0.4 is 10.2 Å². The first-order chi connectivity index (χ1) is 9.67. The van der Waals surface area contributed by atoms with Gasteiger partial charge in [0.2, 0.25) is 0 Å². The van der Waals surface area contributed by atoms with Gasteiger partial charge in [0.05, 0.1) is 12.3 Å². The van der Waals surface area contributed by atoms with Crippen molar-refractivity contribution < 1.29 is 9.13 Å². The minimum atomic E-state index is -0.129. The highest BCUT2D eigenvalue weighted by Gasteiger charge is 2.30. The summed E-state index contributed by atoms with van der Waals surface area (Å²) in [5.41, 5.74) is 1.70. The molecule has 0 aromatic heterocycles. The highest BCUT2D eigenvalue weighted by molar-refractivity contribution is 5.51. The molecule has 3 nitrogen and oxygen atoms in total. The van der Waals surface area contributed by atoms with E-state index in [1.54, 1.807) is 13.2 Å². The highest BCUT2D eigenvalue weighted by Crippen LogP contribution is 2.33. The van der Waals surface area contributed by atoms with Crippen LogP contribution in [0, 0.1) is 5.82 Å². The third kappa shape index (κ3) is 3.70. The standard InChI is InChI=1S/C16H25FN2O/c1-4-18-12(2)13-5-8-16(15(17)11-13)19(9-10-20-3)14-6-7-14/h5,8,11-12,14,18H,4,6-7,9-10H2,1-3H3. The fourth-order valence-corrected chi connectivity index (χ4v) is 2.53. The molecule has 0 radical (unpaired) electrons. The first kappa shape index (κ1) is 15.3. The number of hydrogen-bond acceptors (Lipinski definition) is 3. The van der Waals surface area contributed by atoms with Crippen molar-refractivity contribution >= 4 is 5.69 Å². The van der Waals surface area contributed by atoms with Crippen LogP contribution in [0.2, 0.25) is 0 Å². The maximum Gasteiger partial charge on any atom is 0.146 e. The first-order valence-corrected chi connectivity index (χ1v) is 7.45. The van der Waals surface area contributed by atoms with Gasteiger partial charge >= 0.3 is 0 Å². The lowest BCUT2D eigenvalue weighted by Crippen LogP contribution is -2.30. The Morgan fingerprint density at radius 3 is 2.75 bits per heavy atom. The van der Waals surface area contributed by atoms with Crippen molar-refractivity contribution in [3.63, 3.8) is 0 Å². The van der Waals surface area contributed by atoms with E-state index in [1.807, 2.05) is 12.1 Å². The number of methoxy groups -OCH3 is 1. The van der Waals surface area contributed by atoms with Crippen molar-refractivity contribution in [1.29, 1.82) is 0 Å². The summed E-state index contributed by atoms with van der Waals surface area (Å²) in [4.78, 5) is 2.14. The number of halogens is 1. The first-order valence-electron chi connectivity index (χ1n) is 7.45. The minimum absolute atomic E-state index is 0.129. The fourth-order valence-electron chi connectivity index (χ4n) is 2.53. The van der Waals surface area contributed by atoms with E-state index >= 15 is 0 Å². The van der Waals surface area contributed by atoms with Crippen molar-refractivity contribution in [3.8, 4) is 0 Å². The molecule has 0 bridgehead atoms. The molecule has 1 aromatic carbocycles. The van der Waals surface area contributed by atoms with Crippen molar-refractivity contribution in [1.82, 2.24) is 5.32 Å². The van der Waals surface area contributed by atoms with E-state index in [2.05, 4.69) is 24.1 Å². The largest absolute Gasteiger partial charge is 0.383 e. The third-order valence-corrected chi connectivity index (χ3v) is 3.82. The van der Waals surface area contributed by atoms with Crippen molar-refractivity contribution in [2.24, 2.45) is 0 Å². The molecule has 1 saturated carbocycles. The molecule has 20 heavy (non-hydrogen) atoms. The highest BCUT2D eigenvalue weighted by atomic mass is 19.1. The van der Waals surface area contributed by atoms with Crippen LogP contribution in [0.3, 0.4) is 0 Å². The Balaban J connectivity index is 2.14. The maximum atomic E-state index is 14.4. The minimum Gasteiger partial charge on any atom is -0.383 e. The molecule has 0 saturated heterocycles. The summed E-state index contributed by atoms with van der Waals surface area (Å²) >= 11 is 0. The van der Waals surface area contributed by atoms with Crippen LogP contribution in [0.5, 0.6) is 0 Å². The van der Waals surface area contributed by atoms with Crippen LogP contribution in [0.1, 0.15) is 38.3 Å². The van der Waals surface area contributed by atoms with Crippen molar-refractivity contribution in [2.45, 2.75) is 38.8 Å². The molecular weight excluding hydrogens is 255 g/mol. The van der Waals surface area contributed by atoms with Gasteiger partial charge in [0, 0.05) is 25.7 Å². The Hall–Kier alpha value is -1.13. The third-order valence-electron chi connectivity index (χ3n) is 3.82. The van der Waals surface area contributed by atoms with E-state index in [0.717, 1.165) is 31.5 Å². The summed E-state index contributed by atoms with van der Waals surface area (Å²) in [6.07, 6.45) is 2.30. The molecule has 1 aliphatic carbocycles. The average molecular weight is 280 g/mol. The zero-order chi connectivity index (χ0) is 14.5. The smallest absolute Gasteiger partial charge is 0.146 e. The predicted molar refractivity (Wildman–Crippen MR) is 80.7 cm³/mol. The van der Waals surface area contributed by atoms with Gasteiger partial charge in [0.15, 0.2) is 0 Å². The van der Waals surface area contributed by atoms with Crippen LogP contribution in [-0.4, -0.2) is 32.8 Å². The van der Waals surface area contributed by atoms with Crippen molar-refractivity contribution in [2.75, 3.05) is 31.7 Å². The molecule has 0 heterocycles.